The summed E-state index contributed by atoms with van der Waals surface area (Å²) in [4.78, 5) is 24.1. The predicted molar refractivity (Wildman–Crippen MR) is 128 cm³/mol. The van der Waals surface area contributed by atoms with Crippen LogP contribution in [0, 0.1) is 5.92 Å². The van der Waals surface area contributed by atoms with Crippen LogP contribution in [-0.2, 0) is 14.8 Å². The van der Waals surface area contributed by atoms with Crippen molar-refractivity contribution in [2.45, 2.75) is 30.9 Å². The lowest BCUT2D eigenvalue weighted by atomic mass is 10.0. The van der Waals surface area contributed by atoms with Crippen molar-refractivity contribution in [3.8, 4) is 16.9 Å². The Bertz CT molecular complexity index is 1100. The lowest BCUT2D eigenvalue weighted by molar-refractivity contribution is -0.132. The first-order valence-electron chi connectivity index (χ1n) is 11.1. The van der Waals surface area contributed by atoms with E-state index in [9.17, 15) is 18.3 Å². The molecule has 0 bridgehead atoms. The van der Waals surface area contributed by atoms with E-state index < -0.39 is 22.2 Å². The van der Waals surface area contributed by atoms with Gasteiger partial charge in [-0.05, 0) is 38.7 Å². The van der Waals surface area contributed by atoms with Gasteiger partial charge < -0.3 is 19.6 Å². The highest BCUT2D eigenvalue weighted by Gasteiger charge is 2.38. The van der Waals surface area contributed by atoms with Crippen molar-refractivity contribution in [2.75, 3.05) is 47.4 Å². The van der Waals surface area contributed by atoms with Crippen LogP contribution >= 0.6 is 0 Å². The zero-order valence-electron chi connectivity index (χ0n) is 20.2. The van der Waals surface area contributed by atoms with E-state index in [1.165, 1.54) is 16.7 Å². The molecule has 0 saturated heterocycles. The lowest BCUT2D eigenvalue weighted by Gasteiger charge is -2.37. The Labute approximate surface area is 201 Å². The number of likely N-dealkylation sites (N-methyl/N-ethyl adjacent to an activating group) is 2. The zero-order valence-corrected chi connectivity index (χ0v) is 21.1. The Morgan fingerprint density at radius 1 is 1.24 bits per heavy atom. The Hall–Kier alpha value is -2.60. The van der Waals surface area contributed by atoms with E-state index in [0.717, 1.165) is 5.56 Å². The minimum atomic E-state index is -3.94. The van der Waals surface area contributed by atoms with Gasteiger partial charge in [-0.2, -0.15) is 4.31 Å². The SMILES string of the molecule is C[C@@H]1CN([C@H](C)CO)S(=O)(=O)c2ccc(-c3cncnc3)cc2O[C@@H]1CN(C)C(=O)CN(C)C. The summed E-state index contributed by atoms with van der Waals surface area (Å²) in [6.45, 7) is 3.94. The summed E-state index contributed by atoms with van der Waals surface area (Å²) in [5.41, 5.74) is 1.43. The Morgan fingerprint density at radius 3 is 2.53 bits per heavy atom. The van der Waals surface area contributed by atoms with Crippen molar-refractivity contribution >= 4 is 15.9 Å². The molecule has 11 heteroatoms. The molecule has 0 radical (unpaired) electrons. The first kappa shape index (κ1) is 26.0. The number of sulfonamides is 1. The minimum absolute atomic E-state index is 0.0209. The number of carbonyl (C=O) groups excluding carboxylic acids is 1. The third-order valence-corrected chi connectivity index (χ3v) is 7.91. The second kappa shape index (κ2) is 10.8. The first-order valence-corrected chi connectivity index (χ1v) is 12.6. The van der Waals surface area contributed by atoms with Crippen LogP contribution in [0.1, 0.15) is 13.8 Å². The smallest absolute Gasteiger partial charge is 0.247 e. The van der Waals surface area contributed by atoms with Crippen LogP contribution in [0.15, 0.2) is 41.8 Å². The molecule has 2 aromatic rings. The molecule has 1 aliphatic rings. The maximum Gasteiger partial charge on any atom is 0.247 e. The Kier molecular flexibility index (Phi) is 8.24. The molecule has 0 aliphatic carbocycles. The number of aliphatic hydroxyl groups is 1. The van der Waals surface area contributed by atoms with Gasteiger partial charge in [0.25, 0.3) is 0 Å². The lowest BCUT2D eigenvalue weighted by Crippen LogP contribution is -2.50. The number of fused-ring (bicyclic) bond motifs is 1. The molecule has 3 rings (SSSR count). The summed E-state index contributed by atoms with van der Waals surface area (Å²) in [5, 5.41) is 9.77. The number of rotatable bonds is 7. The maximum absolute atomic E-state index is 13.6. The fraction of sp³-hybridized carbons (Fsp3) is 0.522. The highest BCUT2D eigenvalue weighted by atomic mass is 32.2. The molecule has 34 heavy (non-hydrogen) atoms. The number of benzene rings is 1. The molecule has 1 aromatic carbocycles. The number of amides is 1. The molecule has 10 nitrogen and oxygen atoms in total. The molecular weight excluding hydrogens is 458 g/mol. The van der Waals surface area contributed by atoms with E-state index in [2.05, 4.69) is 9.97 Å². The molecule has 0 spiro atoms. The van der Waals surface area contributed by atoms with E-state index in [4.69, 9.17) is 4.74 Å². The van der Waals surface area contributed by atoms with Crippen molar-refractivity contribution < 1.29 is 23.1 Å². The molecule has 1 N–H and O–H groups in total. The van der Waals surface area contributed by atoms with Crippen molar-refractivity contribution in [1.29, 1.82) is 0 Å². The Balaban J connectivity index is 2.06. The van der Waals surface area contributed by atoms with Crippen LogP contribution in [0.25, 0.3) is 11.1 Å². The van der Waals surface area contributed by atoms with Crippen LogP contribution in [0.3, 0.4) is 0 Å². The minimum Gasteiger partial charge on any atom is -0.487 e. The van der Waals surface area contributed by atoms with Gasteiger partial charge in [0.1, 0.15) is 23.1 Å². The van der Waals surface area contributed by atoms with E-state index in [1.54, 1.807) is 48.3 Å². The third-order valence-electron chi connectivity index (χ3n) is 5.89. The normalized spacial score (nSPS) is 21.1. The number of hydrogen-bond acceptors (Lipinski definition) is 8. The van der Waals surface area contributed by atoms with Gasteiger partial charge in [0.15, 0.2) is 0 Å². The first-order chi connectivity index (χ1) is 16.0. The Morgan fingerprint density at radius 2 is 1.91 bits per heavy atom. The molecule has 0 saturated carbocycles. The van der Waals surface area contributed by atoms with Gasteiger partial charge in [0, 0.05) is 43.5 Å². The van der Waals surface area contributed by atoms with Gasteiger partial charge in [-0.3, -0.25) is 4.79 Å². The van der Waals surface area contributed by atoms with Crippen LogP contribution in [0.4, 0.5) is 0 Å². The van der Waals surface area contributed by atoms with Crippen LogP contribution < -0.4 is 4.74 Å². The van der Waals surface area contributed by atoms with Crippen LogP contribution in [0.2, 0.25) is 0 Å². The van der Waals surface area contributed by atoms with Crippen LogP contribution in [0.5, 0.6) is 5.75 Å². The fourth-order valence-electron chi connectivity index (χ4n) is 3.83. The molecule has 0 fully saturated rings. The number of aliphatic hydroxyl groups excluding tert-OH is 1. The van der Waals surface area contributed by atoms with Gasteiger partial charge in [0.05, 0.1) is 19.7 Å². The summed E-state index contributed by atoms with van der Waals surface area (Å²) in [5.74, 6) is -0.122. The van der Waals surface area contributed by atoms with Gasteiger partial charge in [0.2, 0.25) is 15.9 Å². The average Bonchev–Trinajstić information content (AvgIpc) is 2.80. The molecule has 1 aliphatic heterocycles. The molecule has 1 aromatic heterocycles. The average molecular weight is 492 g/mol. The van der Waals surface area contributed by atoms with E-state index in [-0.39, 0.29) is 48.7 Å². The molecule has 186 valence electrons. The highest BCUT2D eigenvalue weighted by Crippen LogP contribution is 2.36. The summed E-state index contributed by atoms with van der Waals surface area (Å²) >= 11 is 0. The number of carbonyl (C=O) groups is 1. The number of aromatic nitrogens is 2. The predicted octanol–water partition coefficient (Wildman–Crippen LogP) is 0.932. The quantitative estimate of drug-likeness (QED) is 0.608. The van der Waals surface area contributed by atoms with Gasteiger partial charge in [-0.15, -0.1) is 0 Å². The zero-order chi connectivity index (χ0) is 25.0. The monoisotopic (exact) mass is 491 g/mol. The fourth-order valence-corrected chi connectivity index (χ4v) is 5.66. The van der Waals surface area contributed by atoms with E-state index in [1.807, 2.05) is 21.0 Å². The van der Waals surface area contributed by atoms with Crippen molar-refractivity contribution in [1.82, 2.24) is 24.1 Å². The van der Waals surface area contributed by atoms with Crippen molar-refractivity contribution in [2.24, 2.45) is 5.92 Å². The standard InChI is InChI=1S/C23H33N5O5S/c1-16-11-28(17(2)14-29)34(31,32)22-7-6-18(19-9-24-15-25-10-19)8-20(22)33-21(16)12-27(5)23(30)13-26(3)4/h6-10,15-17,21,29H,11-14H2,1-5H3/t16-,17-,21-/m1/s1. The van der Waals surface area contributed by atoms with Gasteiger partial charge >= 0.3 is 0 Å². The van der Waals surface area contributed by atoms with Gasteiger partial charge in [-0.25, -0.2) is 18.4 Å². The number of nitrogens with zero attached hydrogens (tertiary/aromatic N) is 5. The maximum atomic E-state index is 13.6. The molecule has 1 amide bonds. The molecule has 2 heterocycles. The molecule has 0 unspecified atom stereocenters. The second-order valence-corrected chi connectivity index (χ2v) is 10.9. The summed E-state index contributed by atoms with van der Waals surface area (Å²) in [6, 6.07) is 4.25. The van der Waals surface area contributed by atoms with Crippen LogP contribution in [-0.4, -0.2) is 103 Å². The second-order valence-electron chi connectivity index (χ2n) is 9.04. The van der Waals surface area contributed by atoms with Gasteiger partial charge in [-0.1, -0.05) is 13.0 Å². The summed E-state index contributed by atoms with van der Waals surface area (Å²) < 4.78 is 34.8. The largest absolute Gasteiger partial charge is 0.487 e. The highest BCUT2D eigenvalue weighted by molar-refractivity contribution is 7.89. The number of hydrogen-bond donors (Lipinski definition) is 1. The van der Waals surface area contributed by atoms with E-state index in [0.29, 0.717) is 5.56 Å². The summed E-state index contributed by atoms with van der Waals surface area (Å²) in [6.07, 6.45) is 4.23. The molecule has 3 atom stereocenters. The summed E-state index contributed by atoms with van der Waals surface area (Å²) in [7, 11) is 1.42. The number of ether oxygens (including phenoxy) is 1. The van der Waals surface area contributed by atoms with Crippen molar-refractivity contribution in [3.63, 3.8) is 0 Å². The third kappa shape index (κ3) is 5.72. The van der Waals surface area contributed by atoms with Crippen molar-refractivity contribution in [3.05, 3.63) is 36.9 Å². The van der Waals surface area contributed by atoms with E-state index >= 15 is 0 Å². The molecular formula is C23H33N5O5S. The topological polar surface area (TPSA) is 116 Å².